The van der Waals surface area contributed by atoms with Crippen LogP contribution in [0, 0.1) is 0 Å². The number of rotatable bonds is 5. The summed E-state index contributed by atoms with van der Waals surface area (Å²) in [4.78, 5) is 2.46. The summed E-state index contributed by atoms with van der Waals surface area (Å²) in [6.45, 7) is 0. The maximum absolute atomic E-state index is 2.47. The predicted molar refractivity (Wildman–Crippen MR) is 211 cm³/mol. The molecule has 0 unspecified atom stereocenters. The quantitative estimate of drug-likeness (QED) is 0.181. The van der Waals surface area contributed by atoms with Crippen molar-refractivity contribution in [3.63, 3.8) is 0 Å². The van der Waals surface area contributed by atoms with E-state index in [0.717, 1.165) is 22.7 Å². The van der Waals surface area contributed by atoms with Crippen molar-refractivity contribution in [1.29, 1.82) is 0 Å². The van der Waals surface area contributed by atoms with Crippen molar-refractivity contribution >= 4 is 81.1 Å². The van der Waals surface area contributed by atoms with E-state index in [0.29, 0.717) is 0 Å². The molecule has 0 radical (unpaired) electrons. The third-order valence-corrected chi connectivity index (χ3v) is 10.9. The van der Waals surface area contributed by atoms with Gasteiger partial charge in [0.25, 0.3) is 0 Å². The van der Waals surface area contributed by atoms with Crippen LogP contribution in [0.4, 0.5) is 17.1 Å². The Labute approximate surface area is 288 Å². The van der Waals surface area contributed by atoms with Crippen molar-refractivity contribution in [3.8, 4) is 16.8 Å². The lowest BCUT2D eigenvalue weighted by atomic mass is 10.00. The van der Waals surface area contributed by atoms with Gasteiger partial charge in [-0.1, -0.05) is 121 Å². The lowest BCUT2D eigenvalue weighted by molar-refractivity contribution is 1.19. The van der Waals surface area contributed by atoms with Crippen LogP contribution in [0.5, 0.6) is 0 Å². The van der Waals surface area contributed by atoms with Crippen molar-refractivity contribution in [2.45, 2.75) is 0 Å². The van der Waals surface area contributed by atoms with Gasteiger partial charge in [-0.05, 0) is 77.2 Å². The minimum atomic E-state index is 1.12. The highest BCUT2D eigenvalue weighted by Crippen LogP contribution is 2.48. The molecule has 230 valence electrons. The Balaban J connectivity index is 1.36. The standard InChI is InChI=1S/C46H30N2S/c1-4-14-31(15-5-1)32-24-26-39-41(28-32)48(35-19-8-3-9-20-35)46-37-21-11-10-16-33(37)29-42(45(39)46)47(34-17-6-2-7-18-34)36-25-27-44-40(30-36)38-22-12-13-23-43(38)49-44/h1-30H. The topological polar surface area (TPSA) is 8.17 Å². The van der Waals surface area contributed by atoms with Gasteiger partial charge in [-0.3, -0.25) is 0 Å². The lowest BCUT2D eigenvalue weighted by Gasteiger charge is -2.27. The number of thiophene rings is 1. The highest BCUT2D eigenvalue weighted by Gasteiger charge is 2.24. The molecular weight excluding hydrogens is 613 g/mol. The summed E-state index contributed by atoms with van der Waals surface area (Å²) in [6, 6.07) is 66.2. The molecule has 0 fully saturated rings. The van der Waals surface area contributed by atoms with Crippen molar-refractivity contribution < 1.29 is 0 Å². The van der Waals surface area contributed by atoms with E-state index in [1.54, 1.807) is 0 Å². The van der Waals surface area contributed by atoms with E-state index in [1.165, 1.54) is 63.9 Å². The zero-order valence-electron chi connectivity index (χ0n) is 26.6. The normalized spacial score (nSPS) is 11.7. The van der Waals surface area contributed by atoms with E-state index in [-0.39, 0.29) is 0 Å². The number of hydrogen-bond acceptors (Lipinski definition) is 2. The lowest BCUT2D eigenvalue weighted by Crippen LogP contribution is -2.10. The molecule has 2 heterocycles. The van der Waals surface area contributed by atoms with Crippen LogP contribution in [0.25, 0.3) is 69.6 Å². The Morgan fingerprint density at radius 1 is 0.429 bits per heavy atom. The van der Waals surface area contributed by atoms with Gasteiger partial charge in [0, 0.05) is 53.4 Å². The van der Waals surface area contributed by atoms with Crippen molar-refractivity contribution in [2.75, 3.05) is 4.90 Å². The molecule has 0 amide bonds. The summed E-state index contributed by atoms with van der Waals surface area (Å²) in [5.74, 6) is 0. The first-order chi connectivity index (χ1) is 24.3. The first kappa shape index (κ1) is 27.9. The first-order valence-corrected chi connectivity index (χ1v) is 17.5. The molecular formula is C46H30N2S. The van der Waals surface area contributed by atoms with Gasteiger partial charge in [0.15, 0.2) is 0 Å². The SMILES string of the molecule is c1ccc(-c2ccc3c4c(N(c5ccccc5)c5ccc6sc7ccccc7c6c5)cc5ccccc5c4n(-c4ccccc4)c3c2)cc1. The Kier molecular flexibility index (Phi) is 6.39. The Bertz CT molecular complexity index is 2810. The van der Waals surface area contributed by atoms with Crippen LogP contribution in [0.1, 0.15) is 0 Å². The van der Waals surface area contributed by atoms with Crippen LogP contribution in [-0.4, -0.2) is 4.57 Å². The van der Waals surface area contributed by atoms with E-state index < -0.39 is 0 Å². The molecule has 2 nitrogen and oxygen atoms in total. The van der Waals surface area contributed by atoms with Gasteiger partial charge in [0.1, 0.15) is 0 Å². The van der Waals surface area contributed by atoms with Crippen LogP contribution in [0.2, 0.25) is 0 Å². The average Bonchev–Trinajstić information content (AvgIpc) is 3.72. The number of hydrogen-bond donors (Lipinski definition) is 0. The monoisotopic (exact) mass is 642 g/mol. The molecule has 0 bridgehead atoms. The number of fused-ring (bicyclic) bond motifs is 8. The largest absolute Gasteiger partial charge is 0.310 e. The van der Waals surface area contributed by atoms with Crippen LogP contribution >= 0.6 is 11.3 Å². The summed E-state index contributed by atoms with van der Waals surface area (Å²) >= 11 is 1.86. The van der Waals surface area contributed by atoms with Crippen molar-refractivity contribution in [2.24, 2.45) is 0 Å². The average molecular weight is 643 g/mol. The summed E-state index contributed by atoms with van der Waals surface area (Å²) in [7, 11) is 0. The number of nitrogens with zero attached hydrogens (tertiary/aromatic N) is 2. The van der Waals surface area contributed by atoms with Gasteiger partial charge in [0.2, 0.25) is 0 Å². The molecule has 0 atom stereocenters. The first-order valence-electron chi connectivity index (χ1n) is 16.7. The summed E-state index contributed by atoms with van der Waals surface area (Å²) in [5.41, 5.74) is 9.38. The molecule has 49 heavy (non-hydrogen) atoms. The van der Waals surface area contributed by atoms with E-state index in [1.807, 2.05) is 11.3 Å². The van der Waals surface area contributed by atoms with Crippen LogP contribution in [0.3, 0.4) is 0 Å². The molecule has 3 heteroatoms. The minimum absolute atomic E-state index is 1.12. The van der Waals surface area contributed by atoms with Crippen LogP contribution in [-0.2, 0) is 0 Å². The Morgan fingerprint density at radius 2 is 1.10 bits per heavy atom. The third kappa shape index (κ3) is 4.47. The van der Waals surface area contributed by atoms with E-state index in [2.05, 4.69) is 191 Å². The highest BCUT2D eigenvalue weighted by atomic mass is 32.1. The molecule has 8 aromatic carbocycles. The van der Waals surface area contributed by atoms with E-state index >= 15 is 0 Å². The van der Waals surface area contributed by atoms with Gasteiger partial charge in [-0.15, -0.1) is 11.3 Å². The molecule has 0 spiro atoms. The Morgan fingerprint density at radius 3 is 1.92 bits per heavy atom. The number of anilines is 3. The highest BCUT2D eigenvalue weighted by molar-refractivity contribution is 7.25. The van der Waals surface area contributed by atoms with E-state index in [4.69, 9.17) is 0 Å². The van der Waals surface area contributed by atoms with Crippen LogP contribution < -0.4 is 4.90 Å². The predicted octanol–water partition coefficient (Wildman–Crippen LogP) is 13.4. The molecule has 0 aliphatic carbocycles. The zero-order valence-corrected chi connectivity index (χ0v) is 27.4. The second-order valence-electron chi connectivity index (χ2n) is 12.6. The second kappa shape index (κ2) is 11.2. The van der Waals surface area contributed by atoms with Gasteiger partial charge in [-0.25, -0.2) is 0 Å². The molecule has 2 aromatic heterocycles. The molecule has 10 rings (SSSR count). The maximum atomic E-state index is 2.47. The zero-order chi connectivity index (χ0) is 32.3. The number of para-hydroxylation sites is 2. The number of aromatic nitrogens is 1. The fraction of sp³-hybridized carbons (Fsp3) is 0. The molecule has 10 aromatic rings. The van der Waals surface area contributed by atoms with E-state index in [9.17, 15) is 0 Å². The van der Waals surface area contributed by atoms with Crippen LogP contribution in [0.15, 0.2) is 182 Å². The Hall–Kier alpha value is -6.16. The molecule has 0 aliphatic heterocycles. The summed E-state index contributed by atoms with van der Waals surface area (Å²) in [6.07, 6.45) is 0. The van der Waals surface area contributed by atoms with Gasteiger partial charge in [-0.2, -0.15) is 0 Å². The van der Waals surface area contributed by atoms with Gasteiger partial charge < -0.3 is 9.47 Å². The minimum Gasteiger partial charge on any atom is -0.310 e. The molecule has 0 aliphatic rings. The molecule has 0 saturated carbocycles. The van der Waals surface area contributed by atoms with Gasteiger partial charge in [0.05, 0.1) is 16.7 Å². The summed E-state index contributed by atoms with van der Waals surface area (Å²) < 4.78 is 5.09. The third-order valence-electron chi connectivity index (χ3n) is 9.73. The molecule has 0 saturated heterocycles. The smallest absolute Gasteiger partial charge is 0.0640 e. The maximum Gasteiger partial charge on any atom is 0.0640 e. The fourth-order valence-corrected chi connectivity index (χ4v) is 8.64. The van der Waals surface area contributed by atoms with Crippen molar-refractivity contribution in [1.82, 2.24) is 4.57 Å². The molecule has 0 N–H and O–H groups in total. The number of benzene rings is 8. The van der Waals surface area contributed by atoms with Gasteiger partial charge >= 0.3 is 0 Å². The second-order valence-corrected chi connectivity index (χ2v) is 13.6. The fourth-order valence-electron chi connectivity index (χ4n) is 7.55. The van der Waals surface area contributed by atoms with Crippen molar-refractivity contribution in [3.05, 3.63) is 182 Å². The summed E-state index contributed by atoms with van der Waals surface area (Å²) in [5, 5.41) is 7.48.